The Morgan fingerprint density at radius 2 is 1.46 bits per heavy atom. The summed E-state index contributed by atoms with van der Waals surface area (Å²) in [6.45, 7) is 7.25. The van der Waals surface area contributed by atoms with Gasteiger partial charge in [-0.05, 0) is 24.7 Å². The fourth-order valence-corrected chi connectivity index (χ4v) is 1.60. The molecule has 0 saturated heterocycles. The van der Waals surface area contributed by atoms with Crippen molar-refractivity contribution >= 4 is 0 Å². The van der Waals surface area contributed by atoms with Gasteiger partial charge in [0.25, 0.3) is 0 Å². The van der Waals surface area contributed by atoms with Gasteiger partial charge in [-0.25, -0.2) is 0 Å². The van der Waals surface area contributed by atoms with Crippen molar-refractivity contribution in [2.45, 2.75) is 59.3 Å². The van der Waals surface area contributed by atoms with E-state index in [9.17, 15) is 0 Å². The lowest BCUT2D eigenvalue weighted by Gasteiger charge is -2.12. The zero-order valence-electron chi connectivity index (χ0n) is 9.55. The van der Waals surface area contributed by atoms with E-state index in [1.54, 1.807) is 0 Å². The summed E-state index contributed by atoms with van der Waals surface area (Å²) >= 11 is 0. The molecule has 0 heterocycles. The van der Waals surface area contributed by atoms with Crippen molar-refractivity contribution in [3.05, 3.63) is 0 Å². The van der Waals surface area contributed by atoms with Gasteiger partial charge in [-0.3, -0.25) is 0 Å². The van der Waals surface area contributed by atoms with Crippen molar-refractivity contribution in [1.29, 1.82) is 0 Å². The van der Waals surface area contributed by atoms with E-state index >= 15 is 0 Å². The lowest BCUT2D eigenvalue weighted by atomic mass is 9.95. The van der Waals surface area contributed by atoms with Gasteiger partial charge in [-0.1, -0.05) is 46.5 Å². The van der Waals surface area contributed by atoms with E-state index in [0.29, 0.717) is 6.61 Å². The molecule has 0 amide bonds. The predicted molar refractivity (Wildman–Crippen MR) is 58.8 cm³/mol. The van der Waals surface area contributed by atoms with Crippen LogP contribution in [0.1, 0.15) is 59.3 Å². The van der Waals surface area contributed by atoms with E-state index in [2.05, 4.69) is 20.8 Å². The van der Waals surface area contributed by atoms with Crippen molar-refractivity contribution in [2.24, 2.45) is 11.8 Å². The maximum absolute atomic E-state index is 8.67. The molecule has 0 aliphatic rings. The molecule has 0 fully saturated rings. The van der Waals surface area contributed by atoms with E-state index in [1.807, 2.05) is 0 Å². The molecular weight excluding hydrogens is 160 g/mol. The van der Waals surface area contributed by atoms with Gasteiger partial charge in [0, 0.05) is 6.61 Å². The maximum Gasteiger partial charge on any atom is 0.0431 e. The van der Waals surface area contributed by atoms with E-state index in [0.717, 1.165) is 18.3 Å². The first-order valence-electron chi connectivity index (χ1n) is 5.81. The Labute approximate surface area is 83.5 Å². The van der Waals surface area contributed by atoms with E-state index in [4.69, 9.17) is 5.11 Å². The summed E-state index contributed by atoms with van der Waals surface area (Å²) in [4.78, 5) is 0. The summed E-state index contributed by atoms with van der Waals surface area (Å²) in [6.07, 6.45) is 7.55. The first-order chi connectivity index (χ1) is 6.20. The zero-order chi connectivity index (χ0) is 10.1. The Morgan fingerprint density at radius 1 is 0.923 bits per heavy atom. The van der Waals surface area contributed by atoms with Crippen molar-refractivity contribution in [1.82, 2.24) is 0 Å². The molecule has 1 N–H and O–H groups in total. The number of rotatable bonds is 8. The summed E-state index contributed by atoms with van der Waals surface area (Å²) < 4.78 is 0. The van der Waals surface area contributed by atoms with Crippen LogP contribution in [-0.2, 0) is 0 Å². The van der Waals surface area contributed by atoms with Crippen LogP contribution in [0.5, 0.6) is 0 Å². The topological polar surface area (TPSA) is 20.2 Å². The van der Waals surface area contributed by atoms with Gasteiger partial charge in [0.05, 0.1) is 0 Å². The lowest BCUT2D eigenvalue weighted by molar-refractivity contribution is 0.270. The number of hydrogen-bond acceptors (Lipinski definition) is 1. The summed E-state index contributed by atoms with van der Waals surface area (Å²) in [5.41, 5.74) is 0. The summed E-state index contributed by atoms with van der Waals surface area (Å²) in [5, 5.41) is 8.67. The molecule has 0 saturated carbocycles. The van der Waals surface area contributed by atoms with E-state index < -0.39 is 0 Å². The minimum atomic E-state index is 0.357. The normalized spacial score (nSPS) is 15.7. The number of aliphatic hydroxyl groups excluding tert-OH is 1. The van der Waals surface area contributed by atoms with Crippen LogP contribution in [0, 0.1) is 11.8 Å². The van der Waals surface area contributed by atoms with Crippen LogP contribution in [0.4, 0.5) is 0 Å². The van der Waals surface area contributed by atoms with E-state index in [1.165, 1.54) is 32.1 Å². The number of hydrogen-bond donors (Lipinski definition) is 1. The molecule has 80 valence electrons. The molecule has 0 radical (unpaired) electrons. The average Bonchev–Trinajstić information content (AvgIpc) is 2.14. The predicted octanol–water partition coefficient (Wildman–Crippen LogP) is 3.61. The Balaban J connectivity index is 3.21. The third-order valence-electron chi connectivity index (χ3n) is 2.95. The standard InChI is InChI=1S/C12H26O/c1-4-11(2)7-5-8-12(3)9-6-10-13/h11-13H,4-10H2,1-3H3/t11-,12+/m0/s1. The van der Waals surface area contributed by atoms with Crippen LogP contribution in [-0.4, -0.2) is 11.7 Å². The molecule has 0 rings (SSSR count). The molecule has 1 nitrogen and oxygen atoms in total. The van der Waals surface area contributed by atoms with Gasteiger partial charge >= 0.3 is 0 Å². The quantitative estimate of drug-likeness (QED) is 0.614. The Morgan fingerprint density at radius 3 is 2.00 bits per heavy atom. The van der Waals surface area contributed by atoms with Crippen molar-refractivity contribution in [3.63, 3.8) is 0 Å². The first-order valence-corrected chi connectivity index (χ1v) is 5.81. The highest BCUT2D eigenvalue weighted by molar-refractivity contribution is 4.56. The van der Waals surface area contributed by atoms with Crippen molar-refractivity contribution < 1.29 is 5.11 Å². The van der Waals surface area contributed by atoms with E-state index in [-0.39, 0.29) is 0 Å². The smallest absolute Gasteiger partial charge is 0.0431 e. The Hall–Kier alpha value is -0.0400. The van der Waals surface area contributed by atoms with Crippen molar-refractivity contribution in [2.75, 3.05) is 6.61 Å². The highest BCUT2D eigenvalue weighted by Gasteiger charge is 2.03. The fourth-order valence-electron chi connectivity index (χ4n) is 1.60. The maximum atomic E-state index is 8.67. The van der Waals surface area contributed by atoms with Gasteiger partial charge in [-0.2, -0.15) is 0 Å². The van der Waals surface area contributed by atoms with Gasteiger partial charge in [0.15, 0.2) is 0 Å². The minimum Gasteiger partial charge on any atom is -0.396 e. The summed E-state index contributed by atoms with van der Waals surface area (Å²) in [7, 11) is 0. The van der Waals surface area contributed by atoms with Crippen LogP contribution in [0.2, 0.25) is 0 Å². The lowest BCUT2D eigenvalue weighted by Crippen LogP contribution is -1.99. The highest BCUT2D eigenvalue weighted by Crippen LogP contribution is 2.17. The number of aliphatic hydroxyl groups is 1. The molecule has 2 atom stereocenters. The van der Waals surface area contributed by atoms with Gasteiger partial charge in [-0.15, -0.1) is 0 Å². The largest absolute Gasteiger partial charge is 0.396 e. The molecule has 0 unspecified atom stereocenters. The molecule has 13 heavy (non-hydrogen) atoms. The molecule has 0 aromatic rings. The van der Waals surface area contributed by atoms with Crippen LogP contribution in [0.15, 0.2) is 0 Å². The van der Waals surface area contributed by atoms with Crippen LogP contribution in [0.25, 0.3) is 0 Å². The SMILES string of the molecule is CC[C@H](C)CCC[C@@H](C)CCCO. The van der Waals surface area contributed by atoms with Crippen LogP contribution < -0.4 is 0 Å². The molecule has 1 heteroatoms. The molecule has 0 aromatic carbocycles. The minimum absolute atomic E-state index is 0.357. The second-order valence-corrected chi connectivity index (χ2v) is 4.42. The van der Waals surface area contributed by atoms with Gasteiger partial charge < -0.3 is 5.11 Å². The Kier molecular flexibility index (Phi) is 8.53. The van der Waals surface area contributed by atoms with Crippen LogP contribution >= 0.6 is 0 Å². The van der Waals surface area contributed by atoms with Crippen LogP contribution in [0.3, 0.4) is 0 Å². The monoisotopic (exact) mass is 186 g/mol. The fraction of sp³-hybridized carbons (Fsp3) is 1.00. The van der Waals surface area contributed by atoms with Gasteiger partial charge in [0.1, 0.15) is 0 Å². The average molecular weight is 186 g/mol. The second-order valence-electron chi connectivity index (χ2n) is 4.42. The molecule has 0 aromatic heterocycles. The molecule has 0 aliphatic carbocycles. The summed E-state index contributed by atoms with van der Waals surface area (Å²) in [5.74, 6) is 1.70. The molecule has 0 spiro atoms. The van der Waals surface area contributed by atoms with Gasteiger partial charge in [0.2, 0.25) is 0 Å². The van der Waals surface area contributed by atoms with Crippen molar-refractivity contribution in [3.8, 4) is 0 Å². The Bertz CT molecular complexity index is 101. The third kappa shape index (κ3) is 8.29. The zero-order valence-corrected chi connectivity index (χ0v) is 9.55. The molecule has 0 bridgehead atoms. The molecule has 0 aliphatic heterocycles. The molecular formula is C12H26O. The first kappa shape index (κ1) is 13.0. The summed E-state index contributed by atoms with van der Waals surface area (Å²) in [6, 6.07) is 0. The highest BCUT2D eigenvalue weighted by atomic mass is 16.2. The second kappa shape index (κ2) is 8.55. The third-order valence-corrected chi connectivity index (χ3v) is 2.95.